The van der Waals surface area contributed by atoms with E-state index in [1.54, 1.807) is 14.1 Å². The number of carbonyl (C=O) groups excluding carboxylic acids is 2. The number of nitrogens with zero attached hydrogens (tertiary/aromatic N) is 4. The number of nitrogens with two attached hydrogens (primary N) is 1. The van der Waals surface area contributed by atoms with Crippen molar-refractivity contribution in [1.82, 2.24) is 25.2 Å². The van der Waals surface area contributed by atoms with Crippen molar-refractivity contribution in [3.63, 3.8) is 0 Å². The number of halogens is 4. The molecule has 2 amide bonds. The zero-order valence-electron chi connectivity index (χ0n) is 19.7. The molecule has 10 nitrogen and oxygen atoms in total. The lowest BCUT2D eigenvalue weighted by molar-refractivity contribution is 0.102. The average molecular weight is 519 g/mol. The highest BCUT2D eigenvalue weighted by atomic mass is 19.1. The maximum absolute atomic E-state index is 13.9. The smallest absolute Gasteiger partial charge is 0.413 e. The molecule has 0 aliphatic heterocycles. The van der Waals surface area contributed by atoms with Crippen molar-refractivity contribution in [3.05, 3.63) is 89.0 Å². The first-order valence-electron chi connectivity index (χ1n) is 10.5. The second-order valence-corrected chi connectivity index (χ2v) is 7.75. The normalized spacial score (nSPS) is 12.3. The largest absolute Gasteiger partial charge is 0.441 e. The summed E-state index contributed by atoms with van der Waals surface area (Å²) in [4.78, 5) is 36.4. The zero-order valence-corrected chi connectivity index (χ0v) is 19.7. The van der Waals surface area contributed by atoms with Gasteiger partial charge in [-0.05, 0) is 25.1 Å². The number of nitrogens with one attached hydrogen (secondary N) is 2. The molecule has 14 heteroatoms. The van der Waals surface area contributed by atoms with Gasteiger partial charge in [-0.1, -0.05) is 0 Å². The third-order valence-corrected chi connectivity index (χ3v) is 4.80. The molecule has 0 aliphatic carbocycles. The lowest BCUT2D eigenvalue weighted by atomic mass is 10.2. The summed E-state index contributed by atoms with van der Waals surface area (Å²) in [6.45, 7) is 1.34. The maximum Gasteiger partial charge on any atom is 0.413 e. The Hall–Kier alpha value is -4.75. The third-order valence-electron chi connectivity index (χ3n) is 4.80. The minimum atomic E-state index is -1.17. The molecule has 0 aromatic carbocycles. The molecule has 4 N–H and O–H groups in total. The predicted octanol–water partition coefficient (Wildman–Crippen LogP) is 3.31. The predicted molar refractivity (Wildman–Crippen MR) is 123 cm³/mol. The number of alkyl carbamates (subject to hydrolysis) is 1. The van der Waals surface area contributed by atoms with Crippen molar-refractivity contribution in [2.45, 2.75) is 13.0 Å². The van der Waals surface area contributed by atoms with Crippen LogP contribution in [0.3, 0.4) is 0 Å². The SMILES string of the molecule is C[C@@H](OC(=O)N/C(=C(/N)c1ccc(NC(=O)c2cc(F)nc(F)c2)cn1)N(C)C)c1cc(F)cnc1F. The second-order valence-electron chi connectivity index (χ2n) is 7.75. The van der Waals surface area contributed by atoms with Gasteiger partial charge >= 0.3 is 6.09 Å². The zero-order chi connectivity index (χ0) is 27.3. The molecule has 0 radical (unpaired) electrons. The number of pyridine rings is 3. The molecule has 0 fully saturated rings. The van der Waals surface area contributed by atoms with Crippen LogP contribution in [0.4, 0.5) is 28.0 Å². The Morgan fingerprint density at radius 1 is 1.03 bits per heavy atom. The quantitative estimate of drug-likeness (QED) is 0.320. The lowest BCUT2D eigenvalue weighted by Crippen LogP contribution is -2.34. The van der Waals surface area contributed by atoms with Crippen molar-refractivity contribution in [3.8, 4) is 0 Å². The summed E-state index contributed by atoms with van der Waals surface area (Å²) >= 11 is 0. The van der Waals surface area contributed by atoms with E-state index in [0.717, 1.165) is 18.2 Å². The van der Waals surface area contributed by atoms with Gasteiger partial charge in [0.25, 0.3) is 5.91 Å². The Morgan fingerprint density at radius 2 is 1.70 bits per heavy atom. The fourth-order valence-electron chi connectivity index (χ4n) is 3.04. The highest BCUT2D eigenvalue weighted by molar-refractivity contribution is 6.04. The van der Waals surface area contributed by atoms with E-state index in [9.17, 15) is 27.2 Å². The van der Waals surface area contributed by atoms with Gasteiger partial charge in [0.1, 0.15) is 17.7 Å². The van der Waals surface area contributed by atoms with Crippen molar-refractivity contribution in [2.75, 3.05) is 19.4 Å². The highest BCUT2D eigenvalue weighted by Crippen LogP contribution is 2.21. The third kappa shape index (κ3) is 6.90. The molecular formula is C23H21F4N7O3. The van der Waals surface area contributed by atoms with Crippen molar-refractivity contribution in [1.29, 1.82) is 0 Å². The average Bonchev–Trinajstić information content (AvgIpc) is 2.83. The van der Waals surface area contributed by atoms with Crippen LogP contribution in [-0.4, -0.2) is 45.9 Å². The summed E-state index contributed by atoms with van der Waals surface area (Å²) in [5.41, 5.74) is 6.01. The van der Waals surface area contributed by atoms with Gasteiger partial charge in [0.2, 0.25) is 17.8 Å². The molecule has 3 aromatic rings. The molecule has 194 valence electrons. The first-order chi connectivity index (χ1) is 17.4. The maximum atomic E-state index is 13.9. The van der Waals surface area contributed by atoms with E-state index < -0.39 is 41.8 Å². The monoisotopic (exact) mass is 519 g/mol. The van der Waals surface area contributed by atoms with Crippen LogP contribution in [0.5, 0.6) is 0 Å². The van der Waals surface area contributed by atoms with E-state index in [2.05, 4.69) is 25.6 Å². The highest BCUT2D eigenvalue weighted by Gasteiger charge is 2.20. The van der Waals surface area contributed by atoms with Gasteiger partial charge in [-0.2, -0.15) is 18.2 Å². The Balaban J connectivity index is 1.73. The first kappa shape index (κ1) is 26.8. The van der Waals surface area contributed by atoms with Crippen molar-refractivity contribution >= 4 is 23.4 Å². The van der Waals surface area contributed by atoms with Gasteiger partial charge < -0.3 is 20.7 Å². The molecule has 3 aromatic heterocycles. The van der Waals surface area contributed by atoms with E-state index in [1.807, 2.05) is 0 Å². The Labute approximate surface area is 208 Å². The minimum Gasteiger partial charge on any atom is -0.441 e. The summed E-state index contributed by atoms with van der Waals surface area (Å²) in [5, 5.41) is 4.85. The van der Waals surface area contributed by atoms with Gasteiger partial charge in [-0.15, -0.1) is 0 Å². The second kappa shape index (κ2) is 11.3. The summed E-state index contributed by atoms with van der Waals surface area (Å²) in [6.07, 6.45) is -0.247. The molecule has 37 heavy (non-hydrogen) atoms. The Morgan fingerprint density at radius 3 is 2.30 bits per heavy atom. The Bertz CT molecular complexity index is 1330. The van der Waals surface area contributed by atoms with E-state index in [4.69, 9.17) is 10.5 Å². The van der Waals surface area contributed by atoms with E-state index in [1.165, 1.54) is 30.2 Å². The fourth-order valence-corrected chi connectivity index (χ4v) is 3.04. The van der Waals surface area contributed by atoms with Crippen LogP contribution in [0.2, 0.25) is 0 Å². The number of anilines is 1. The van der Waals surface area contributed by atoms with Crippen LogP contribution < -0.4 is 16.4 Å². The molecule has 0 bridgehead atoms. The van der Waals surface area contributed by atoms with E-state index in [0.29, 0.717) is 6.20 Å². The first-order valence-corrected chi connectivity index (χ1v) is 10.5. The van der Waals surface area contributed by atoms with Gasteiger partial charge in [0, 0.05) is 31.8 Å². The van der Waals surface area contributed by atoms with Gasteiger partial charge in [0.05, 0.1) is 35.0 Å². The van der Waals surface area contributed by atoms with Crippen LogP contribution in [0.1, 0.15) is 34.6 Å². The molecule has 3 heterocycles. The van der Waals surface area contributed by atoms with Crippen LogP contribution in [0.25, 0.3) is 5.70 Å². The molecule has 0 spiro atoms. The van der Waals surface area contributed by atoms with Crippen molar-refractivity contribution < 1.29 is 31.9 Å². The van der Waals surface area contributed by atoms with Gasteiger partial charge in [0.15, 0.2) is 0 Å². The number of ether oxygens (including phenoxy) is 1. The number of hydrogen-bond acceptors (Lipinski definition) is 8. The molecule has 1 atom stereocenters. The summed E-state index contributed by atoms with van der Waals surface area (Å²) in [5.74, 6) is -4.80. The Kier molecular flexibility index (Phi) is 8.22. The minimum absolute atomic E-state index is 0.00404. The summed E-state index contributed by atoms with van der Waals surface area (Å²) < 4.78 is 58.9. The molecule has 0 saturated heterocycles. The van der Waals surface area contributed by atoms with Crippen LogP contribution in [-0.2, 0) is 4.74 Å². The standard InChI is InChI=1S/C23H21F4N7O3/c1-11(15-8-13(24)9-30-20(15)27)37-23(36)33-21(34(2)3)19(28)16-5-4-14(10-29-16)31-22(35)12-6-17(25)32-18(26)7-12/h4-11H,28H2,1-3H3,(H,31,35)(H,33,36)/b21-19-/t11-/m1/s1. The molecule has 0 saturated carbocycles. The molecule has 0 aliphatic rings. The van der Waals surface area contributed by atoms with Crippen LogP contribution >= 0.6 is 0 Å². The lowest BCUT2D eigenvalue weighted by Gasteiger charge is -2.22. The topological polar surface area (TPSA) is 135 Å². The number of carbonyl (C=O) groups is 2. The summed E-state index contributed by atoms with van der Waals surface area (Å²) in [6, 6.07) is 5.26. The molecule has 3 rings (SSSR count). The molecule has 0 unspecified atom stereocenters. The number of rotatable bonds is 7. The molecular weight excluding hydrogens is 498 g/mol. The van der Waals surface area contributed by atoms with Gasteiger partial charge in [-0.3, -0.25) is 15.1 Å². The van der Waals surface area contributed by atoms with Crippen LogP contribution in [0, 0.1) is 23.7 Å². The fraction of sp³-hybridized carbons (Fsp3) is 0.174. The van der Waals surface area contributed by atoms with E-state index in [-0.39, 0.29) is 34.0 Å². The number of hydrogen-bond donors (Lipinski definition) is 3. The van der Waals surface area contributed by atoms with Crippen LogP contribution in [0.15, 0.2) is 48.5 Å². The van der Waals surface area contributed by atoms with Crippen molar-refractivity contribution in [2.24, 2.45) is 5.73 Å². The number of amides is 2. The van der Waals surface area contributed by atoms with Gasteiger partial charge in [-0.25, -0.2) is 14.2 Å². The summed E-state index contributed by atoms with van der Waals surface area (Å²) in [7, 11) is 3.15. The number of aromatic nitrogens is 3. The van der Waals surface area contributed by atoms with E-state index >= 15 is 0 Å².